The van der Waals surface area contributed by atoms with E-state index in [2.05, 4.69) is 31.1 Å². The summed E-state index contributed by atoms with van der Waals surface area (Å²) in [5.41, 5.74) is 0.833. The molecule has 4 heteroatoms. The number of aliphatic hydroxyl groups is 1. The smallest absolute Gasteiger partial charge is 0.224 e. The Balaban J connectivity index is 2.57. The standard InChI is InChI=1S/C14H22N2O2/c1-14(2,3)12(6-8-17)16-13(18)9-11-5-4-7-15-10-11/h4-5,7,10,12,17H,6,8-9H2,1-3H3,(H,16,18). The van der Waals surface area contributed by atoms with Gasteiger partial charge in [0.1, 0.15) is 0 Å². The average Bonchev–Trinajstić information content (AvgIpc) is 2.28. The highest BCUT2D eigenvalue weighted by Gasteiger charge is 2.25. The van der Waals surface area contributed by atoms with Crippen LogP contribution in [0.2, 0.25) is 0 Å². The fraction of sp³-hybridized carbons (Fsp3) is 0.571. The first-order valence-electron chi connectivity index (χ1n) is 6.22. The van der Waals surface area contributed by atoms with Crippen molar-refractivity contribution in [2.75, 3.05) is 6.61 Å². The minimum atomic E-state index is -0.0622. The van der Waals surface area contributed by atoms with Crippen molar-refractivity contribution < 1.29 is 9.90 Å². The molecule has 0 spiro atoms. The molecule has 1 aromatic rings. The van der Waals surface area contributed by atoms with Crippen LogP contribution >= 0.6 is 0 Å². The molecule has 0 aliphatic heterocycles. The topological polar surface area (TPSA) is 62.2 Å². The molecular formula is C14H22N2O2. The number of pyridine rings is 1. The molecule has 1 atom stereocenters. The van der Waals surface area contributed by atoms with Crippen molar-refractivity contribution in [1.82, 2.24) is 10.3 Å². The van der Waals surface area contributed by atoms with E-state index in [0.717, 1.165) is 5.56 Å². The third kappa shape index (κ3) is 4.84. The van der Waals surface area contributed by atoms with Crippen LogP contribution in [0.25, 0.3) is 0 Å². The lowest BCUT2D eigenvalue weighted by Crippen LogP contribution is -2.44. The number of aliphatic hydroxyl groups excluding tert-OH is 1. The Morgan fingerprint density at radius 2 is 2.22 bits per heavy atom. The van der Waals surface area contributed by atoms with Gasteiger partial charge >= 0.3 is 0 Å². The molecule has 0 saturated heterocycles. The predicted molar refractivity (Wildman–Crippen MR) is 71.0 cm³/mol. The summed E-state index contributed by atoms with van der Waals surface area (Å²) in [5, 5.41) is 12.0. The zero-order chi connectivity index (χ0) is 13.6. The second-order valence-electron chi connectivity index (χ2n) is 5.54. The first kappa shape index (κ1) is 14.6. The van der Waals surface area contributed by atoms with Crippen LogP contribution in [0.15, 0.2) is 24.5 Å². The monoisotopic (exact) mass is 250 g/mol. The summed E-state index contributed by atoms with van der Waals surface area (Å²) in [5.74, 6) is -0.0311. The van der Waals surface area contributed by atoms with Gasteiger partial charge in [-0.2, -0.15) is 0 Å². The van der Waals surface area contributed by atoms with Gasteiger partial charge in [0.15, 0.2) is 0 Å². The highest BCUT2D eigenvalue weighted by Crippen LogP contribution is 2.21. The second-order valence-corrected chi connectivity index (χ2v) is 5.54. The largest absolute Gasteiger partial charge is 0.396 e. The molecule has 1 amide bonds. The zero-order valence-corrected chi connectivity index (χ0v) is 11.3. The maximum atomic E-state index is 11.9. The summed E-state index contributed by atoms with van der Waals surface area (Å²) >= 11 is 0. The Labute approximate surface area is 108 Å². The number of aromatic nitrogens is 1. The molecule has 0 fully saturated rings. The molecule has 0 bridgehead atoms. The summed E-state index contributed by atoms with van der Waals surface area (Å²) < 4.78 is 0. The molecule has 18 heavy (non-hydrogen) atoms. The van der Waals surface area contributed by atoms with Crippen molar-refractivity contribution in [3.63, 3.8) is 0 Å². The van der Waals surface area contributed by atoms with Crippen LogP contribution in [0.4, 0.5) is 0 Å². The molecule has 0 saturated carbocycles. The van der Waals surface area contributed by atoms with E-state index < -0.39 is 0 Å². The van der Waals surface area contributed by atoms with Crippen molar-refractivity contribution in [1.29, 1.82) is 0 Å². The zero-order valence-electron chi connectivity index (χ0n) is 11.3. The van der Waals surface area contributed by atoms with E-state index in [0.29, 0.717) is 12.8 Å². The lowest BCUT2D eigenvalue weighted by molar-refractivity contribution is -0.122. The van der Waals surface area contributed by atoms with Gasteiger partial charge in [-0.15, -0.1) is 0 Å². The third-order valence-electron chi connectivity index (χ3n) is 2.89. The van der Waals surface area contributed by atoms with Gasteiger partial charge in [0, 0.05) is 25.0 Å². The molecule has 0 aliphatic rings. The molecule has 0 aromatic carbocycles. The maximum Gasteiger partial charge on any atom is 0.224 e. The quantitative estimate of drug-likeness (QED) is 0.833. The van der Waals surface area contributed by atoms with Crippen molar-refractivity contribution in [2.45, 2.75) is 39.7 Å². The van der Waals surface area contributed by atoms with Crippen LogP contribution in [0.1, 0.15) is 32.8 Å². The average molecular weight is 250 g/mol. The number of amides is 1. The molecule has 0 radical (unpaired) electrons. The summed E-state index contributed by atoms with van der Waals surface area (Å²) in [4.78, 5) is 15.9. The Morgan fingerprint density at radius 1 is 1.50 bits per heavy atom. The molecular weight excluding hydrogens is 228 g/mol. The van der Waals surface area contributed by atoms with Crippen LogP contribution < -0.4 is 5.32 Å². The van der Waals surface area contributed by atoms with E-state index in [-0.39, 0.29) is 24.0 Å². The molecule has 1 aromatic heterocycles. The molecule has 4 nitrogen and oxygen atoms in total. The molecule has 2 N–H and O–H groups in total. The van der Waals surface area contributed by atoms with E-state index in [1.54, 1.807) is 12.4 Å². The van der Waals surface area contributed by atoms with Gasteiger partial charge in [-0.1, -0.05) is 26.8 Å². The fourth-order valence-corrected chi connectivity index (χ4v) is 1.78. The Bertz CT molecular complexity index is 371. The van der Waals surface area contributed by atoms with E-state index in [4.69, 9.17) is 5.11 Å². The highest BCUT2D eigenvalue weighted by atomic mass is 16.3. The molecule has 1 unspecified atom stereocenters. The molecule has 1 rings (SSSR count). The highest BCUT2D eigenvalue weighted by molar-refractivity contribution is 5.78. The van der Waals surface area contributed by atoms with Gasteiger partial charge in [0.2, 0.25) is 5.91 Å². The van der Waals surface area contributed by atoms with Gasteiger partial charge in [-0.3, -0.25) is 9.78 Å². The number of hydrogen-bond acceptors (Lipinski definition) is 3. The molecule has 1 heterocycles. The number of rotatable bonds is 5. The van der Waals surface area contributed by atoms with Crippen molar-refractivity contribution >= 4 is 5.91 Å². The lowest BCUT2D eigenvalue weighted by Gasteiger charge is -2.31. The predicted octanol–water partition coefficient (Wildman–Crippen LogP) is 1.54. The Morgan fingerprint density at radius 3 is 2.72 bits per heavy atom. The summed E-state index contributed by atoms with van der Waals surface area (Å²) in [7, 11) is 0. The van der Waals surface area contributed by atoms with Gasteiger partial charge in [0.05, 0.1) is 6.42 Å². The maximum absolute atomic E-state index is 11.9. The first-order valence-corrected chi connectivity index (χ1v) is 6.22. The number of hydrogen-bond donors (Lipinski definition) is 2. The lowest BCUT2D eigenvalue weighted by atomic mass is 9.85. The van der Waals surface area contributed by atoms with Crippen molar-refractivity contribution in [3.05, 3.63) is 30.1 Å². The Kier molecular flexibility index (Phi) is 5.28. The minimum absolute atomic E-state index is 0.0216. The van der Waals surface area contributed by atoms with Gasteiger partial charge < -0.3 is 10.4 Å². The number of nitrogens with zero attached hydrogens (tertiary/aromatic N) is 1. The molecule has 0 aliphatic carbocycles. The fourth-order valence-electron chi connectivity index (χ4n) is 1.78. The van der Waals surface area contributed by atoms with E-state index in [9.17, 15) is 4.79 Å². The van der Waals surface area contributed by atoms with Gasteiger partial charge in [-0.05, 0) is 23.5 Å². The van der Waals surface area contributed by atoms with E-state index >= 15 is 0 Å². The minimum Gasteiger partial charge on any atom is -0.396 e. The number of carbonyl (C=O) groups excluding carboxylic acids is 1. The van der Waals surface area contributed by atoms with E-state index in [1.165, 1.54) is 0 Å². The van der Waals surface area contributed by atoms with Crippen LogP contribution in [-0.2, 0) is 11.2 Å². The Hall–Kier alpha value is -1.42. The van der Waals surface area contributed by atoms with Crippen LogP contribution in [0, 0.1) is 5.41 Å². The van der Waals surface area contributed by atoms with E-state index in [1.807, 2.05) is 12.1 Å². The van der Waals surface area contributed by atoms with Crippen molar-refractivity contribution in [2.24, 2.45) is 5.41 Å². The van der Waals surface area contributed by atoms with Crippen LogP contribution in [0.3, 0.4) is 0 Å². The SMILES string of the molecule is CC(C)(C)C(CCO)NC(=O)Cc1cccnc1. The van der Waals surface area contributed by atoms with Crippen LogP contribution in [-0.4, -0.2) is 28.6 Å². The van der Waals surface area contributed by atoms with Crippen molar-refractivity contribution in [3.8, 4) is 0 Å². The summed E-state index contributed by atoms with van der Waals surface area (Å²) in [6, 6.07) is 3.68. The summed E-state index contributed by atoms with van der Waals surface area (Å²) in [6.07, 6.45) is 4.27. The number of carbonyl (C=O) groups is 1. The van der Waals surface area contributed by atoms with Crippen LogP contribution in [0.5, 0.6) is 0 Å². The summed E-state index contributed by atoms with van der Waals surface area (Å²) in [6.45, 7) is 6.24. The van der Waals surface area contributed by atoms with Gasteiger partial charge in [-0.25, -0.2) is 0 Å². The first-order chi connectivity index (χ1) is 8.43. The normalized spacial score (nSPS) is 13.1. The van der Waals surface area contributed by atoms with Gasteiger partial charge in [0.25, 0.3) is 0 Å². The number of nitrogens with one attached hydrogen (secondary N) is 1. The third-order valence-corrected chi connectivity index (χ3v) is 2.89. The second kappa shape index (κ2) is 6.50. The molecule has 100 valence electrons.